The number of carbonyl (C=O) groups is 2. The summed E-state index contributed by atoms with van der Waals surface area (Å²) >= 11 is 0. The molecule has 0 bridgehead atoms. The molecule has 0 aliphatic carbocycles. The first-order chi connectivity index (χ1) is 16.1. The van der Waals surface area contributed by atoms with Crippen LogP contribution in [0.5, 0.6) is 0 Å². The van der Waals surface area contributed by atoms with E-state index in [1.807, 2.05) is 32.9 Å². The zero-order valence-electron chi connectivity index (χ0n) is 19.7. The largest absolute Gasteiger partial charge is 0.350 e. The molecule has 0 spiro atoms. The molecule has 0 aromatic heterocycles. The van der Waals surface area contributed by atoms with Crippen LogP contribution in [0, 0.1) is 13.8 Å². The Kier molecular flexibility index (Phi) is 7.73. The van der Waals surface area contributed by atoms with Gasteiger partial charge < -0.3 is 10.6 Å². The molecule has 0 aliphatic heterocycles. The van der Waals surface area contributed by atoms with Gasteiger partial charge in [0, 0.05) is 11.6 Å². The summed E-state index contributed by atoms with van der Waals surface area (Å²) in [4.78, 5) is 25.7. The minimum atomic E-state index is -3.93. The van der Waals surface area contributed by atoms with Crippen molar-refractivity contribution in [3.05, 3.63) is 89.0 Å². The molecule has 3 rings (SSSR count). The van der Waals surface area contributed by atoms with Crippen molar-refractivity contribution in [2.75, 3.05) is 10.0 Å². The molecule has 0 fully saturated rings. The second-order valence-electron chi connectivity index (χ2n) is 8.18. The van der Waals surface area contributed by atoms with Gasteiger partial charge in [-0.1, -0.05) is 43.3 Å². The van der Waals surface area contributed by atoms with Gasteiger partial charge >= 0.3 is 0 Å². The third-order valence-corrected chi connectivity index (χ3v) is 7.05. The van der Waals surface area contributed by atoms with Crippen LogP contribution < -0.4 is 15.4 Å². The lowest BCUT2D eigenvalue weighted by Crippen LogP contribution is -2.32. The number of carbonyl (C=O) groups excluding carboxylic acids is 2. The van der Waals surface area contributed by atoms with Gasteiger partial charge in [-0.25, -0.2) is 8.42 Å². The van der Waals surface area contributed by atoms with Crippen LogP contribution in [0.4, 0.5) is 11.4 Å². The number of hydrogen-bond acceptors (Lipinski definition) is 4. The number of benzene rings is 3. The molecule has 3 aromatic carbocycles. The fourth-order valence-corrected chi connectivity index (χ4v) is 4.71. The van der Waals surface area contributed by atoms with E-state index in [2.05, 4.69) is 15.4 Å². The summed E-state index contributed by atoms with van der Waals surface area (Å²) in [6.07, 6.45) is 0.775. The molecule has 178 valence electrons. The zero-order valence-corrected chi connectivity index (χ0v) is 20.5. The summed E-state index contributed by atoms with van der Waals surface area (Å²) in [5.41, 5.74) is 2.59. The third kappa shape index (κ3) is 5.82. The van der Waals surface area contributed by atoms with Crippen LogP contribution in [-0.2, 0) is 10.0 Å². The lowest BCUT2D eigenvalue weighted by Gasteiger charge is -2.15. The standard InChI is InChI=1S/C26H29N3O4S/c1-5-19(4)27-26(31)21-11-7-9-13-23(21)28-25(30)20-15-14-18(3)24(16-20)34(32,33)29-22-12-8-6-10-17(22)2/h6-16,19,29H,5H2,1-4H3,(H,27,31)(H,28,30)/t19-/m1/s1. The first kappa shape index (κ1) is 25.0. The molecule has 8 heteroatoms. The summed E-state index contributed by atoms with van der Waals surface area (Å²) < 4.78 is 28.8. The Bertz CT molecular complexity index is 1320. The number of hydrogen-bond donors (Lipinski definition) is 3. The number of aryl methyl sites for hydroxylation is 2. The van der Waals surface area contributed by atoms with Crippen LogP contribution in [0.25, 0.3) is 0 Å². The van der Waals surface area contributed by atoms with Gasteiger partial charge in [0.05, 0.1) is 21.8 Å². The van der Waals surface area contributed by atoms with Gasteiger partial charge in [-0.3, -0.25) is 14.3 Å². The molecule has 0 radical (unpaired) electrons. The van der Waals surface area contributed by atoms with Crippen molar-refractivity contribution in [1.29, 1.82) is 0 Å². The molecule has 0 aliphatic rings. The average molecular weight is 480 g/mol. The smallest absolute Gasteiger partial charge is 0.262 e. The first-order valence-electron chi connectivity index (χ1n) is 11.0. The molecule has 0 unspecified atom stereocenters. The van der Waals surface area contributed by atoms with Crippen molar-refractivity contribution in [1.82, 2.24) is 5.32 Å². The second kappa shape index (κ2) is 10.5. The maximum absolute atomic E-state index is 13.1. The molecule has 0 saturated carbocycles. The summed E-state index contributed by atoms with van der Waals surface area (Å²) in [6.45, 7) is 7.35. The fourth-order valence-electron chi connectivity index (χ4n) is 3.31. The van der Waals surface area contributed by atoms with E-state index < -0.39 is 15.9 Å². The van der Waals surface area contributed by atoms with E-state index in [4.69, 9.17) is 0 Å². The van der Waals surface area contributed by atoms with Crippen LogP contribution >= 0.6 is 0 Å². The highest BCUT2D eigenvalue weighted by Crippen LogP contribution is 2.24. The number of para-hydroxylation sites is 2. The topological polar surface area (TPSA) is 104 Å². The normalized spacial score (nSPS) is 12.0. The Morgan fingerprint density at radius 3 is 2.18 bits per heavy atom. The Hall–Kier alpha value is -3.65. The maximum Gasteiger partial charge on any atom is 0.262 e. The summed E-state index contributed by atoms with van der Waals surface area (Å²) in [5, 5.41) is 5.63. The van der Waals surface area contributed by atoms with E-state index in [0.29, 0.717) is 22.5 Å². The molecular formula is C26H29N3O4S. The van der Waals surface area contributed by atoms with E-state index in [-0.39, 0.29) is 22.4 Å². The lowest BCUT2D eigenvalue weighted by molar-refractivity contribution is 0.0940. The van der Waals surface area contributed by atoms with Crippen molar-refractivity contribution in [3.8, 4) is 0 Å². The maximum atomic E-state index is 13.1. The molecule has 2 amide bonds. The van der Waals surface area contributed by atoms with Crippen molar-refractivity contribution < 1.29 is 18.0 Å². The SMILES string of the molecule is CC[C@@H](C)NC(=O)c1ccccc1NC(=O)c1ccc(C)c(S(=O)(=O)Nc2ccccc2C)c1. The summed E-state index contributed by atoms with van der Waals surface area (Å²) in [5.74, 6) is -0.809. The molecule has 7 nitrogen and oxygen atoms in total. The number of anilines is 2. The average Bonchev–Trinajstić information content (AvgIpc) is 2.80. The van der Waals surface area contributed by atoms with Gasteiger partial charge in [0.2, 0.25) is 0 Å². The third-order valence-electron chi connectivity index (χ3n) is 5.54. The van der Waals surface area contributed by atoms with Crippen LogP contribution in [0.1, 0.15) is 52.1 Å². The van der Waals surface area contributed by atoms with Gasteiger partial charge in [0.15, 0.2) is 0 Å². The zero-order chi connectivity index (χ0) is 24.9. The predicted molar refractivity (Wildman–Crippen MR) is 135 cm³/mol. The molecule has 3 aromatic rings. The van der Waals surface area contributed by atoms with E-state index in [0.717, 1.165) is 12.0 Å². The monoisotopic (exact) mass is 479 g/mol. The number of amides is 2. The van der Waals surface area contributed by atoms with E-state index in [1.54, 1.807) is 55.5 Å². The van der Waals surface area contributed by atoms with Crippen LogP contribution in [0.15, 0.2) is 71.6 Å². The van der Waals surface area contributed by atoms with Crippen LogP contribution in [0.2, 0.25) is 0 Å². The molecular weight excluding hydrogens is 450 g/mol. The Balaban J connectivity index is 1.88. The van der Waals surface area contributed by atoms with Crippen LogP contribution in [0.3, 0.4) is 0 Å². The predicted octanol–water partition coefficient (Wildman–Crippen LogP) is 4.88. The number of nitrogens with one attached hydrogen (secondary N) is 3. The van der Waals surface area contributed by atoms with Crippen LogP contribution in [-0.4, -0.2) is 26.3 Å². The van der Waals surface area contributed by atoms with E-state index in [9.17, 15) is 18.0 Å². The van der Waals surface area contributed by atoms with Gasteiger partial charge in [-0.15, -0.1) is 0 Å². The summed E-state index contributed by atoms with van der Waals surface area (Å²) in [7, 11) is -3.93. The van der Waals surface area contributed by atoms with E-state index in [1.165, 1.54) is 6.07 Å². The lowest BCUT2D eigenvalue weighted by atomic mass is 10.1. The van der Waals surface area contributed by atoms with E-state index >= 15 is 0 Å². The van der Waals surface area contributed by atoms with Gasteiger partial charge in [0.25, 0.3) is 21.8 Å². The highest BCUT2D eigenvalue weighted by atomic mass is 32.2. The quantitative estimate of drug-likeness (QED) is 0.428. The van der Waals surface area contributed by atoms with Gasteiger partial charge in [-0.2, -0.15) is 0 Å². The van der Waals surface area contributed by atoms with Crippen molar-refractivity contribution in [2.24, 2.45) is 0 Å². The highest BCUT2D eigenvalue weighted by molar-refractivity contribution is 7.92. The highest BCUT2D eigenvalue weighted by Gasteiger charge is 2.21. The minimum Gasteiger partial charge on any atom is -0.350 e. The Morgan fingerprint density at radius 1 is 0.853 bits per heavy atom. The number of sulfonamides is 1. The molecule has 3 N–H and O–H groups in total. The van der Waals surface area contributed by atoms with Crippen molar-refractivity contribution in [3.63, 3.8) is 0 Å². The van der Waals surface area contributed by atoms with Crippen molar-refractivity contribution in [2.45, 2.75) is 45.1 Å². The Labute approximate surface area is 200 Å². The molecule has 1 atom stereocenters. The molecule has 0 heterocycles. The Morgan fingerprint density at radius 2 is 1.50 bits per heavy atom. The molecule has 34 heavy (non-hydrogen) atoms. The first-order valence-corrected chi connectivity index (χ1v) is 12.5. The van der Waals surface area contributed by atoms with Gasteiger partial charge in [0.1, 0.15) is 0 Å². The second-order valence-corrected chi connectivity index (χ2v) is 9.83. The minimum absolute atomic E-state index is 0.00574. The summed E-state index contributed by atoms with van der Waals surface area (Å²) in [6, 6.07) is 18.2. The van der Waals surface area contributed by atoms with Gasteiger partial charge in [-0.05, 0) is 68.7 Å². The van der Waals surface area contributed by atoms with Crippen molar-refractivity contribution >= 4 is 33.2 Å². The fraction of sp³-hybridized carbons (Fsp3) is 0.231. The molecule has 0 saturated heterocycles. The number of rotatable bonds is 8.